The summed E-state index contributed by atoms with van der Waals surface area (Å²) in [5, 5.41) is 4.38. The van der Waals surface area contributed by atoms with Crippen LogP contribution in [0.3, 0.4) is 0 Å². The van der Waals surface area contributed by atoms with Gasteiger partial charge in [0.15, 0.2) is 0 Å². The Labute approximate surface area is 90.5 Å². The zero-order valence-corrected chi connectivity index (χ0v) is 9.22. The van der Waals surface area contributed by atoms with E-state index in [0.29, 0.717) is 12.0 Å². The lowest BCUT2D eigenvalue weighted by atomic mass is 9.76. The monoisotopic (exact) mass is 209 g/mol. The average Bonchev–Trinajstić information content (AvgIpc) is 2.12. The van der Waals surface area contributed by atoms with E-state index in [-0.39, 0.29) is 0 Å². The van der Waals surface area contributed by atoms with Gasteiger partial charge in [0.25, 0.3) is 0 Å². The first-order valence-electron chi connectivity index (χ1n) is 5.29. The predicted molar refractivity (Wildman–Crippen MR) is 60.9 cm³/mol. The first kappa shape index (κ1) is 10.0. The predicted octanol–water partition coefficient (Wildman–Crippen LogP) is 3.20. The average molecular weight is 210 g/mol. The Morgan fingerprint density at radius 2 is 2.07 bits per heavy atom. The van der Waals surface area contributed by atoms with Crippen molar-refractivity contribution >= 4 is 11.6 Å². The number of hydrogen-bond acceptors (Lipinski definition) is 1. The molecule has 2 rings (SSSR count). The standard InChI is InChI=1S/C12H16ClN/c1-2-14-10-7-9(8-10)11-5-3-4-6-12(11)13/h3-6,9-10,14H,2,7-8H2,1H3. The molecule has 0 unspecified atom stereocenters. The fraction of sp³-hybridized carbons (Fsp3) is 0.500. The van der Waals surface area contributed by atoms with E-state index in [2.05, 4.69) is 24.4 Å². The largest absolute Gasteiger partial charge is 0.314 e. The summed E-state index contributed by atoms with van der Waals surface area (Å²) in [4.78, 5) is 0. The van der Waals surface area contributed by atoms with Gasteiger partial charge in [-0.3, -0.25) is 0 Å². The van der Waals surface area contributed by atoms with Gasteiger partial charge in [-0.15, -0.1) is 0 Å². The van der Waals surface area contributed by atoms with E-state index in [1.54, 1.807) is 0 Å². The molecule has 1 aromatic rings. The van der Waals surface area contributed by atoms with E-state index in [1.165, 1.54) is 18.4 Å². The summed E-state index contributed by atoms with van der Waals surface area (Å²) in [6, 6.07) is 8.90. The van der Waals surface area contributed by atoms with Crippen molar-refractivity contribution in [2.45, 2.75) is 31.7 Å². The quantitative estimate of drug-likeness (QED) is 0.807. The highest BCUT2D eigenvalue weighted by atomic mass is 35.5. The zero-order chi connectivity index (χ0) is 9.97. The molecule has 14 heavy (non-hydrogen) atoms. The lowest BCUT2D eigenvalue weighted by Crippen LogP contribution is -2.39. The molecule has 0 aliphatic heterocycles. The van der Waals surface area contributed by atoms with E-state index in [9.17, 15) is 0 Å². The van der Waals surface area contributed by atoms with Crippen molar-refractivity contribution < 1.29 is 0 Å². The summed E-state index contributed by atoms with van der Waals surface area (Å²) in [6.07, 6.45) is 2.47. The molecule has 0 atom stereocenters. The van der Waals surface area contributed by atoms with Crippen LogP contribution in [0.1, 0.15) is 31.2 Å². The third kappa shape index (κ3) is 1.94. The molecule has 1 saturated carbocycles. The van der Waals surface area contributed by atoms with Gasteiger partial charge in [0.2, 0.25) is 0 Å². The molecule has 1 aliphatic carbocycles. The molecule has 2 heteroatoms. The third-order valence-corrected chi connectivity index (χ3v) is 3.32. The van der Waals surface area contributed by atoms with E-state index >= 15 is 0 Å². The van der Waals surface area contributed by atoms with Crippen LogP contribution in [-0.4, -0.2) is 12.6 Å². The summed E-state index contributed by atoms with van der Waals surface area (Å²) >= 11 is 6.14. The van der Waals surface area contributed by atoms with Crippen molar-refractivity contribution in [2.75, 3.05) is 6.54 Å². The molecule has 0 aromatic heterocycles. The molecular formula is C12H16ClN. The topological polar surface area (TPSA) is 12.0 Å². The van der Waals surface area contributed by atoms with Gasteiger partial charge in [-0.1, -0.05) is 36.7 Å². The molecule has 0 amide bonds. The molecule has 0 bridgehead atoms. The van der Waals surface area contributed by atoms with Gasteiger partial charge in [0.05, 0.1) is 0 Å². The Morgan fingerprint density at radius 3 is 2.71 bits per heavy atom. The minimum Gasteiger partial charge on any atom is -0.314 e. The maximum Gasteiger partial charge on any atom is 0.0440 e. The summed E-state index contributed by atoms with van der Waals surface area (Å²) in [6.45, 7) is 3.22. The van der Waals surface area contributed by atoms with Gasteiger partial charge >= 0.3 is 0 Å². The van der Waals surface area contributed by atoms with Crippen LogP contribution in [0.4, 0.5) is 0 Å². The van der Waals surface area contributed by atoms with Crippen LogP contribution < -0.4 is 5.32 Å². The van der Waals surface area contributed by atoms with Gasteiger partial charge in [-0.25, -0.2) is 0 Å². The third-order valence-electron chi connectivity index (χ3n) is 2.98. The number of halogens is 1. The molecular weight excluding hydrogens is 194 g/mol. The summed E-state index contributed by atoms with van der Waals surface area (Å²) < 4.78 is 0. The fourth-order valence-electron chi connectivity index (χ4n) is 2.13. The van der Waals surface area contributed by atoms with Crippen molar-refractivity contribution in [3.05, 3.63) is 34.9 Å². The second kappa shape index (κ2) is 4.33. The van der Waals surface area contributed by atoms with Crippen molar-refractivity contribution in [3.63, 3.8) is 0 Å². The van der Waals surface area contributed by atoms with Crippen LogP contribution in [0, 0.1) is 0 Å². The Balaban J connectivity index is 1.96. The van der Waals surface area contributed by atoms with Crippen LogP contribution in [0.2, 0.25) is 5.02 Å². The first-order valence-corrected chi connectivity index (χ1v) is 5.67. The van der Waals surface area contributed by atoms with Crippen LogP contribution >= 0.6 is 11.6 Å². The van der Waals surface area contributed by atoms with Crippen LogP contribution in [0.5, 0.6) is 0 Å². The van der Waals surface area contributed by atoms with Crippen molar-refractivity contribution in [1.82, 2.24) is 5.32 Å². The second-order valence-corrected chi connectivity index (χ2v) is 4.35. The molecule has 1 N–H and O–H groups in total. The van der Waals surface area contributed by atoms with Gasteiger partial charge in [0, 0.05) is 11.1 Å². The molecule has 76 valence electrons. The first-order chi connectivity index (χ1) is 6.81. The van der Waals surface area contributed by atoms with Gasteiger partial charge in [-0.2, -0.15) is 0 Å². The molecule has 0 spiro atoms. The maximum atomic E-state index is 6.14. The Hall–Kier alpha value is -0.530. The highest BCUT2D eigenvalue weighted by Crippen LogP contribution is 2.39. The maximum absolute atomic E-state index is 6.14. The second-order valence-electron chi connectivity index (χ2n) is 3.94. The minimum atomic E-state index is 0.674. The van der Waals surface area contributed by atoms with Crippen LogP contribution in [0.15, 0.2) is 24.3 Å². The summed E-state index contributed by atoms with van der Waals surface area (Å²) in [7, 11) is 0. The fourth-order valence-corrected chi connectivity index (χ4v) is 2.42. The Kier molecular flexibility index (Phi) is 3.09. The van der Waals surface area contributed by atoms with Crippen molar-refractivity contribution in [2.24, 2.45) is 0 Å². The molecule has 1 aliphatic rings. The van der Waals surface area contributed by atoms with Crippen LogP contribution in [0.25, 0.3) is 0 Å². The van der Waals surface area contributed by atoms with E-state index in [4.69, 9.17) is 11.6 Å². The highest BCUT2D eigenvalue weighted by Gasteiger charge is 2.30. The lowest BCUT2D eigenvalue weighted by Gasteiger charge is -2.36. The van der Waals surface area contributed by atoms with E-state index in [1.807, 2.05) is 12.1 Å². The highest BCUT2D eigenvalue weighted by molar-refractivity contribution is 6.31. The molecule has 1 fully saturated rings. The molecule has 0 saturated heterocycles. The van der Waals surface area contributed by atoms with Gasteiger partial charge < -0.3 is 5.32 Å². The zero-order valence-electron chi connectivity index (χ0n) is 8.46. The Morgan fingerprint density at radius 1 is 1.36 bits per heavy atom. The lowest BCUT2D eigenvalue weighted by molar-refractivity contribution is 0.296. The number of nitrogens with one attached hydrogen (secondary N) is 1. The summed E-state index contributed by atoms with van der Waals surface area (Å²) in [5.74, 6) is 0.674. The smallest absolute Gasteiger partial charge is 0.0440 e. The minimum absolute atomic E-state index is 0.674. The molecule has 0 radical (unpaired) electrons. The van der Waals surface area contributed by atoms with Crippen molar-refractivity contribution in [3.8, 4) is 0 Å². The van der Waals surface area contributed by atoms with Gasteiger partial charge in [0.1, 0.15) is 0 Å². The van der Waals surface area contributed by atoms with E-state index < -0.39 is 0 Å². The SMILES string of the molecule is CCNC1CC(c2ccccc2Cl)C1. The molecule has 1 nitrogen and oxygen atoms in total. The van der Waals surface area contributed by atoms with Gasteiger partial charge in [-0.05, 0) is 36.9 Å². The van der Waals surface area contributed by atoms with Crippen LogP contribution in [-0.2, 0) is 0 Å². The molecule has 1 aromatic carbocycles. The Bertz CT molecular complexity index is 305. The number of rotatable bonds is 3. The number of hydrogen-bond donors (Lipinski definition) is 1. The molecule has 0 heterocycles. The summed E-state index contributed by atoms with van der Waals surface area (Å²) in [5.41, 5.74) is 1.32. The number of benzene rings is 1. The van der Waals surface area contributed by atoms with Crippen molar-refractivity contribution in [1.29, 1.82) is 0 Å². The van der Waals surface area contributed by atoms with E-state index in [0.717, 1.165) is 11.6 Å². The normalized spacial score (nSPS) is 25.9.